The van der Waals surface area contributed by atoms with Gasteiger partial charge in [-0.3, -0.25) is 4.79 Å². The molecule has 3 atom stereocenters. The maximum Gasteiger partial charge on any atom is 0.226 e. The number of aryl methyl sites for hydroxylation is 1. The van der Waals surface area contributed by atoms with Crippen LogP contribution in [-0.2, 0) is 4.79 Å². The number of anilines is 1. The Hall–Kier alpha value is -2.49. The summed E-state index contributed by atoms with van der Waals surface area (Å²) >= 11 is 12.8. The molecule has 3 aromatic carbocycles. The highest BCUT2D eigenvalue weighted by Crippen LogP contribution is 2.49. The molecule has 0 spiro atoms. The van der Waals surface area contributed by atoms with Gasteiger partial charge in [0, 0.05) is 30.6 Å². The maximum atomic E-state index is 13.4. The van der Waals surface area contributed by atoms with Crippen molar-refractivity contribution in [2.75, 3.05) is 24.5 Å². The quantitative estimate of drug-likeness (QED) is 0.440. The van der Waals surface area contributed by atoms with E-state index in [4.69, 9.17) is 23.2 Å². The van der Waals surface area contributed by atoms with E-state index in [9.17, 15) is 4.79 Å². The second kappa shape index (κ2) is 8.80. The van der Waals surface area contributed by atoms with Gasteiger partial charge in [0.05, 0.1) is 16.8 Å². The van der Waals surface area contributed by atoms with Crippen LogP contribution < -0.4 is 4.90 Å². The van der Waals surface area contributed by atoms with Gasteiger partial charge in [0.2, 0.25) is 5.91 Å². The number of piperazine rings is 1. The van der Waals surface area contributed by atoms with Crippen molar-refractivity contribution in [3.05, 3.63) is 99.5 Å². The van der Waals surface area contributed by atoms with Gasteiger partial charge in [-0.05, 0) is 60.2 Å². The first kappa shape index (κ1) is 21.4. The number of carbonyl (C=O) groups excluding carboxylic acids is 1. The monoisotopic (exact) mass is 464 g/mol. The third-order valence-corrected chi connectivity index (χ3v) is 7.25. The van der Waals surface area contributed by atoms with Crippen molar-refractivity contribution in [3.63, 3.8) is 0 Å². The molecule has 5 rings (SSSR count). The van der Waals surface area contributed by atoms with Crippen LogP contribution in [0.2, 0.25) is 10.0 Å². The fraction of sp³-hybridized carbons (Fsp3) is 0.296. The molecular weight excluding hydrogens is 439 g/mol. The molecular formula is C27H26Cl2N2O. The number of nitrogens with zero attached hydrogens (tertiary/aromatic N) is 2. The zero-order valence-electron chi connectivity index (χ0n) is 18.0. The van der Waals surface area contributed by atoms with E-state index < -0.39 is 0 Å². The highest BCUT2D eigenvalue weighted by atomic mass is 35.5. The maximum absolute atomic E-state index is 13.4. The van der Waals surface area contributed by atoms with Crippen LogP contribution in [0.15, 0.2) is 72.8 Å². The lowest BCUT2D eigenvalue weighted by Crippen LogP contribution is -2.51. The SMILES string of the molecule is Cc1ccc(N2CCN(C(=O)[C@@H]3C[C@H]3c3ccccc3)C[C@H]2c2ccc(Cl)cc2)c(Cl)c1. The van der Waals surface area contributed by atoms with Crippen LogP contribution in [0.4, 0.5) is 5.69 Å². The minimum atomic E-state index is 0.0269. The van der Waals surface area contributed by atoms with Crippen molar-refractivity contribution in [2.45, 2.75) is 25.3 Å². The lowest BCUT2D eigenvalue weighted by molar-refractivity contribution is -0.133. The van der Waals surface area contributed by atoms with E-state index in [2.05, 4.69) is 53.4 Å². The number of hydrogen-bond donors (Lipinski definition) is 0. The van der Waals surface area contributed by atoms with Gasteiger partial charge in [-0.25, -0.2) is 0 Å². The summed E-state index contributed by atoms with van der Waals surface area (Å²) in [4.78, 5) is 17.8. The summed E-state index contributed by atoms with van der Waals surface area (Å²) in [6, 6.07) is 24.5. The van der Waals surface area contributed by atoms with Crippen molar-refractivity contribution >= 4 is 34.8 Å². The minimum absolute atomic E-state index is 0.0269. The van der Waals surface area contributed by atoms with E-state index in [1.54, 1.807) is 0 Å². The predicted octanol–water partition coefficient (Wildman–Crippen LogP) is 6.50. The van der Waals surface area contributed by atoms with Crippen molar-refractivity contribution in [1.29, 1.82) is 0 Å². The summed E-state index contributed by atoms with van der Waals surface area (Å²) in [5.41, 5.74) is 4.55. The number of rotatable bonds is 4. The molecule has 32 heavy (non-hydrogen) atoms. The Morgan fingerprint density at radius 1 is 0.906 bits per heavy atom. The van der Waals surface area contributed by atoms with Gasteiger partial charge in [0.25, 0.3) is 0 Å². The molecule has 1 aliphatic heterocycles. The molecule has 0 unspecified atom stereocenters. The molecule has 0 aromatic heterocycles. The third-order valence-electron chi connectivity index (χ3n) is 6.69. The van der Waals surface area contributed by atoms with E-state index >= 15 is 0 Å². The standard InChI is InChI=1S/C27H26Cl2N2O/c1-18-7-12-25(24(29)15-18)31-14-13-30(17-26(31)20-8-10-21(28)11-9-20)27(32)23-16-22(23)19-5-3-2-4-6-19/h2-12,15,22-23,26H,13-14,16-17H2,1H3/t22-,23+,26-/m0/s1. The number of hydrogen-bond acceptors (Lipinski definition) is 2. The van der Waals surface area contributed by atoms with Crippen LogP contribution >= 0.6 is 23.2 Å². The fourth-order valence-corrected chi connectivity index (χ4v) is 5.33. The van der Waals surface area contributed by atoms with Crippen LogP contribution in [0.1, 0.15) is 35.1 Å². The van der Waals surface area contributed by atoms with Gasteiger partial charge < -0.3 is 9.80 Å². The first-order valence-electron chi connectivity index (χ1n) is 11.1. The molecule has 0 radical (unpaired) electrons. The smallest absolute Gasteiger partial charge is 0.226 e. The van der Waals surface area contributed by atoms with Crippen LogP contribution in [0, 0.1) is 12.8 Å². The molecule has 0 N–H and O–H groups in total. The average molecular weight is 465 g/mol. The lowest BCUT2D eigenvalue weighted by atomic mass is 10.00. The van der Waals surface area contributed by atoms with Gasteiger partial charge in [0.15, 0.2) is 0 Å². The molecule has 1 heterocycles. The third kappa shape index (κ3) is 4.24. The number of carbonyl (C=O) groups is 1. The van der Waals surface area contributed by atoms with Crippen molar-refractivity contribution in [2.24, 2.45) is 5.92 Å². The van der Waals surface area contributed by atoms with Gasteiger partial charge in [-0.1, -0.05) is 71.7 Å². The van der Waals surface area contributed by atoms with E-state index in [0.717, 1.165) is 34.8 Å². The van der Waals surface area contributed by atoms with Crippen LogP contribution in [0.25, 0.3) is 0 Å². The highest BCUT2D eigenvalue weighted by Gasteiger charge is 2.47. The van der Waals surface area contributed by atoms with Crippen molar-refractivity contribution in [3.8, 4) is 0 Å². The second-order valence-electron chi connectivity index (χ2n) is 8.86. The Bertz CT molecular complexity index is 1120. The van der Waals surface area contributed by atoms with Gasteiger partial charge >= 0.3 is 0 Å². The van der Waals surface area contributed by atoms with E-state index in [-0.39, 0.29) is 17.9 Å². The van der Waals surface area contributed by atoms with Crippen molar-refractivity contribution in [1.82, 2.24) is 4.90 Å². The summed E-state index contributed by atoms with van der Waals surface area (Å²) in [7, 11) is 0. The van der Waals surface area contributed by atoms with E-state index in [0.29, 0.717) is 24.0 Å². The van der Waals surface area contributed by atoms with Gasteiger partial charge in [-0.15, -0.1) is 0 Å². The number of amides is 1. The first-order chi connectivity index (χ1) is 15.5. The number of halogens is 2. The molecule has 2 aliphatic rings. The molecule has 3 aromatic rings. The van der Waals surface area contributed by atoms with Crippen LogP contribution in [-0.4, -0.2) is 30.4 Å². The topological polar surface area (TPSA) is 23.6 Å². The fourth-order valence-electron chi connectivity index (χ4n) is 4.86. The Morgan fingerprint density at radius 2 is 1.66 bits per heavy atom. The zero-order valence-corrected chi connectivity index (χ0v) is 19.6. The summed E-state index contributed by atoms with van der Waals surface area (Å²) in [6.45, 7) is 4.13. The zero-order chi connectivity index (χ0) is 22.2. The number of benzene rings is 3. The summed E-state index contributed by atoms with van der Waals surface area (Å²) in [6.07, 6.45) is 0.943. The Kier molecular flexibility index (Phi) is 5.88. The molecule has 0 bridgehead atoms. The minimum Gasteiger partial charge on any atom is -0.360 e. The molecule has 1 saturated heterocycles. The van der Waals surface area contributed by atoms with Gasteiger partial charge in [0.1, 0.15) is 0 Å². The molecule has 1 aliphatic carbocycles. The van der Waals surface area contributed by atoms with Crippen LogP contribution in [0.5, 0.6) is 0 Å². The average Bonchev–Trinajstić information content (AvgIpc) is 3.61. The predicted molar refractivity (Wildman–Crippen MR) is 132 cm³/mol. The normalized spacial score (nSPS) is 22.7. The Labute approximate surface area is 199 Å². The molecule has 2 fully saturated rings. The largest absolute Gasteiger partial charge is 0.360 e. The highest BCUT2D eigenvalue weighted by molar-refractivity contribution is 6.33. The molecule has 3 nitrogen and oxygen atoms in total. The Balaban J connectivity index is 1.39. The molecule has 1 saturated carbocycles. The van der Waals surface area contributed by atoms with Crippen LogP contribution in [0.3, 0.4) is 0 Å². The molecule has 5 heteroatoms. The van der Waals surface area contributed by atoms with Crippen molar-refractivity contribution < 1.29 is 4.79 Å². The first-order valence-corrected chi connectivity index (χ1v) is 11.9. The molecule has 1 amide bonds. The second-order valence-corrected chi connectivity index (χ2v) is 9.70. The van der Waals surface area contributed by atoms with E-state index in [1.165, 1.54) is 5.56 Å². The Morgan fingerprint density at radius 3 is 2.38 bits per heavy atom. The summed E-state index contributed by atoms with van der Waals surface area (Å²) in [5, 5.41) is 1.45. The molecule has 164 valence electrons. The summed E-state index contributed by atoms with van der Waals surface area (Å²) < 4.78 is 0. The van der Waals surface area contributed by atoms with Gasteiger partial charge in [-0.2, -0.15) is 0 Å². The van der Waals surface area contributed by atoms with E-state index in [1.807, 2.05) is 36.1 Å². The summed E-state index contributed by atoms with van der Waals surface area (Å²) in [5.74, 6) is 0.715. The lowest BCUT2D eigenvalue weighted by Gasteiger charge is -2.43.